The summed E-state index contributed by atoms with van der Waals surface area (Å²) in [6.45, 7) is 7.59. The molecule has 0 bridgehead atoms. The minimum Gasteiger partial charge on any atom is -0.463 e. The van der Waals surface area contributed by atoms with Gasteiger partial charge in [0.1, 0.15) is 19.3 Å². The number of ether oxygens (including phenoxy) is 3. The van der Waals surface area contributed by atoms with Crippen LogP contribution in [0, 0.1) is 0 Å². The van der Waals surface area contributed by atoms with Crippen molar-refractivity contribution in [1.82, 2.24) is 0 Å². The fraction of sp³-hybridized carbons (Fsp3) is 0.770. The molecular formula is C61H108O5. The molecule has 0 aliphatic carbocycles. The van der Waals surface area contributed by atoms with Gasteiger partial charge in [0.2, 0.25) is 0 Å². The Labute approximate surface area is 410 Å². The van der Waals surface area contributed by atoms with Gasteiger partial charge in [-0.05, 0) is 89.9 Å². The third-order valence-corrected chi connectivity index (χ3v) is 12.3. The van der Waals surface area contributed by atoms with E-state index in [4.69, 9.17) is 14.2 Å². The number of rotatable bonds is 52. The lowest BCUT2D eigenvalue weighted by atomic mass is 10.0. The molecule has 0 aliphatic rings. The normalized spacial score (nSPS) is 12.7. The van der Waals surface area contributed by atoms with Crippen LogP contribution in [0.2, 0.25) is 0 Å². The van der Waals surface area contributed by atoms with Crippen LogP contribution in [0.5, 0.6) is 0 Å². The fourth-order valence-electron chi connectivity index (χ4n) is 7.98. The van der Waals surface area contributed by atoms with Crippen molar-refractivity contribution in [3.05, 3.63) is 72.9 Å². The Morgan fingerprint density at radius 3 is 1.02 bits per heavy atom. The summed E-state index contributed by atoms with van der Waals surface area (Å²) in [7, 11) is 0. The van der Waals surface area contributed by atoms with Gasteiger partial charge in [-0.25, -0.2) is 0 Å². The van der Waals surface area contributed by atoms with Crippen molar-refractivity contribution < 1.29 is 23.8 Å². The van der Waals surface area contributed by atoms with Crippen LogP contribution in [0.25, 0.3) is 0 Å². The van der Waals surface area contributed by atoms with E-state index in [0.717, 1.165) is 83.5 Å². The lowest BCUT2D eigenvalue weighted by molar-refractivity contribution is -0.155. The molecule has 0 spiro atoms. The van der Waals surface area contributed by atoms with Crippen molar-refractivity contribution >= 4 is 11.9 Å². The molecular weight excluding hydrogens is 813 g/mol. The molecule has 0 saturated heterocycles. The SMILES string of the molecule is CC/C=C\C/C=C\C/C=C\C/C=C\C/C=C\CCCCCC(=O)OC[C@H](COC(=O)CCCCCCCCC/C=C\CCCCCC)OCCCCCCCCCCCCCCCCCC. The highest BCUT2D eigenvalue weighted by molar-refractivity contribution is 5.69. The van der Waals surface area contributed by atoms with Gasteiger partial charge in [-0.15, -0.1) is 0 Å². The summed E-state index contributed by atoms with van der Waals surface area (Å²) in [5, 5.41) is 0. The summed E-state index contributed by atoms with van der Waals surface area (Å²) in [6, 6.07) is 0. The average Bonchev–Trinajstić information content (AvgIpc) is 3.32. The van der Waals surface area contributed by atoms with Crippen LogP contribution in [-0.4, -0.2) is 37.9 Å². The molecule has 0 heterocycles. The van der Waals surface area contributed by atoms with Gasteiger partial charge in [0.25, 0.3) is 0 Å². The summed E-state index contributed by atoms with van der Waals surface area (Å²) >= 11 is 0. The number of carbonyl (C=O) groups excluding carboxylic acids is 2. The Kier molecular flexibility index (Phi) is 54.4. The summed E-state index contributed by atoms with van der Waals surface area (Å²) in [5.74, 6) is -0.368. The molecule has 0 aromatic carbocycles. The molecule has 0 aromatic heterocycles. The maximum absolute atomic E-state index is 12.6. The highest BCUT2D eigenvalue weighted by Gasteiger charge is 2.16. The fourth-order valence-corrected chi connectivity index (χ4v) is 7.98. The van der Waals surface area contributed by atoms with Crippen LogP contribution >= 0.6 is 0 Å². The van der Waals surface area contributed by atoms with Gasteiger partial charge in [-0.3, -0.25) is 9.59 Å². The van der Waals surface area contributed by atoms with Gasteiger partial charge in [-0.1, -0.05) is 248 Å². The maximum Gasteiger partial charge on any atom is 0.305 e. The van der Waals surface area contributed by atoms with E-state index in [2.05, 4.69) is 93.7 Å². The Hall–Kier alpha value is -2.66. The van der Waals surface area contributed by atoms with Gasteiger partial charge in [0, 0.05) is 19.4 Å². The number of esters is 2. The molecule has 0 amide bonds. The average molecular weight is 922 g/mol. The molecule has 382 valence electrons. The van der Waals surface area contributed by atoms with Crippen molar-refractivity contribution in [3.8, 4) is 0 Å². The van der Waals surface area contributed by atoms with Crippen molar-refractivity contribution in [1.29, 1.82) is 0 Å². The van der Waals surface area contributed by atoms with Gasteiger partial charge >= 0.3 is 11.9 Å². The van der Waals surface area contributed by atoms with E-state index < -0.39 is 6.10 Å². The van der Waals surface area contributed by atoms with Crippen molar-refractivity contribution in [3.63, 3.8) is 0 Å². The molecule has 0 radical (unpaired) electrons. The van der Waals surface area contributed by atoms with E-state index in [1.807, 2.05) is 0 Å². The Morgan fingerprint density at radius 2 is 0.621 bits per heavy atom. The largest absolute Gasteiger partial charge is 0.463 e. The third-order valence-electron chi connectivity index (χ3n) is 12.3. The van der Waals surface area contributed by atoms with Crippen LogP contribution in [0.3, 0.4) is 0 Å². The third kappa shape index (κ3) is 54.0. The van der Waals surface area contributed by atoms with Gasteiger partial charge in [0.15, 0.2) is 0 Å². The van der Waals surface area contributed by atoms with Crippen molar-refractivity contribution in [2.24, 2.45) is 0 Å². The van der Waals surface area contributed by atoms with Crippen molar-refractivity contribution in [2.45, 2.75) is 284 Å². The molecule has 0 N–H and O–H groups in total. The first-order valence-corrected chi connectivity index (χ1v) is 28.5. The molecule has 5 nitrogen and oxygen atoms in total. The number of hydrogen-bond acceptors (Lipinski definition) is 5. The lowest BCUT2D eigenvalue weighted by Gasteiger charge is -2.18. The van der Waals surface area contributed by atoms with E-state index in [1.54, 1.807) is 0 Å². The highest BCUT2D eigenvalue weighted by Crippen LogP contribution is 2.15. The number of hydrogen-bond donors (Lipinski definition) is 0. The maximum atomic E-state index is 12.6. The number of unbranched alkanes of at least 4 members (excludes halogenated alkanes) is 29. The zero-order valence-corrected chi connectivity index (χ0v) is 44.0. The van der Waals surface area contributed by atoms with Crippen LogP contribution < -0.4 is 0 Å². The minimum atomic E-state index is -0.416. The molecule has 0 rings (SSSR count). The molecule has 0 aromatic rings. The van der Waals surface area contributed by atoms with Crippen LogP contribution in [0.1, 0.15) is 278 Å². The Balaban J connectivity index is 4.32. The Morgan fingerprint density at radius 1 is 0.333 bits per heavy atom. The predicted octanol–water partition coefficient (Wildman–Crippen LogP) is 19.5. The number of allylic oxidation sites excluding steroid dienone is 12. The van der Waals surface area contributed by atoms with Crippen LogP contribution in [0.4, 0.5) is 0 Å². The second kappa shape index (κ2) is 56.7. The monoisotopic (exact) mass is 921 g/mol. The highest BCUT2D eigenvalue weighted by atomic mass is 16.6. The molecule has 1 atom stereocenters. The summed E-state index contributed by atoms with van der Waals surface area (Å²) in [4.78, 5) is 25.3. The molecule has 0 saturated carbocycles. The van der Waals surface area contributed by atoms with Gasteiger partial charge in [0.05, 0.1) is 0 Å². The quantitative estimate of drug-likeness (QED) is 0.0346. The molecule has 0 fully saturated rings. The number of carbonyl (C=O) groups is 2. The molecule has 66 heavy (non-hydrogen) atoms. The topological polar surface area (TPSA) is 61.8 Å². The molecule has 5 heteroatoms. The standard InChI is InChI=1S/C61H108O5/c1-4-7-10-13-16-19-22-25-28-30-31-32-34-37-40-43-46-49-52-55-61(63)66-58-59(64-56-53-50-47-44-41-38-35-29-26-23-20-17-14-11-8-5-2)57-65-60(62)54-51-48-45-42-39-36-33-27-24-21-18-15-12-9-6-3/h7,10,16,19,21,24-25,28,31-32,37,40,59H,4-6,8-9,11-15,17-18,20,22-23,26-27,29-30,33-36,38-39,41-58H2,1-3H3/b10-7-,19-16-,24-21-,28-25-,32-31-,40-37-/t59-/m0/s1. The molecule has 0 unspecified atom stereocenters. The van der Waals surface area contributed by atoms with E-state index in [1.165, 1.54) is 161 Å². The zero-order chi connectivity index (χ0) is 47.7. The smallest absolute Gasteiger partial charge is 0.305 e. The van der Waals surface area contributed by atoms with Crippen LogP contribution in [0.15, 0.2) is 72.9 Å². The first-order valence-electron chi connectivity index (χ1n) is 28.5. The van der Waals surface area contributed by atoms with E-state index >= 15 is 0 Å². The van der Waals surface area contributed by atoms with Crippen LogP contribution in [-0.2, 0) is 23.8 Å². The van der Waals surface area contributed by atoms with E-state index in [0.29, 0.717) is 19.4 Å². The predicted molar refractivity (Wildman–Crippen MR) is 288 cm³/mol. The van der Waals surface area contributed by atoms with Gasteiger partial charge < -0.3 is 14.2 Å². The second-order valence-electron chi connectivity index (χ2n) is 18.8. The second-order valence-corrected chi connectivity index (χ2v) is 18.8. The molecule has 0 aliphatic heterocycles. The van der Waals surface area contributed by atoms with Gasteiger partial charge in [-0.2, -0.15) is 0 Å². The van der Waals surface area contributed by atoms with E-state index in [-0.39, 0.29) is 25.2 Å². The summed E-state index contributed by atoms with van der Waals surface area (Å²) in [5.41, 5.74) is 0. The van der Waals surface area contributed by atoms with E-state index in [9.17, 15) is 9.59 Å². The zero-order valence-electron chi connectivity index (χ0n) is 44.0. The first kappa shape index (κ1) is 63.3. The first-order chi connectivity index (χ1) is 32.6. The summed E-state index contributed by atoms with van der Waals surface area (Å²) in [6.07, 6.45) is 73.7. The summed E-state index contributed by atoms with van der Waals surface area (Å²) < 4.78 is 17.5. The minimum absolute atomic E-state index is 0.139. The Bertz CT molecular complexity index is 1180. The lowest BCUT2D eigenvalue weighted by Crippen LogP contribution is -2.29. The van der Waals surface area contributed by atoms with Crippen molar-refractivity contribution in [2.75, 3.05) is 19.8 Å².